The van der Waals surface area contributed by atoms with E-state index in [1.807, 2.05) is 0 Å². The number of likely N-dealkylation sites (tertiary alicyclic amines) is 1. The van der Waals surface area contributed by atoms with Crippen molar-refractivity contribution in [2.75, 3.05) is 13.1 Å². The van der Waals surface area contributed by atoms with Gasteiger partial charge >= 0.3 is 0 Å². The Labute approximate surface area is 89.8 Å². The molecule has 1 aliphatic rings. The van der Waals surface area contributed by atoms with Crippen LogP contribution in [0, 0.1) is 5.82 Å². The molecule has 0 saturated carbocycles. The SMILES string of the molecule is O=C(c1ccc(F)c(Br)c1)N1CCC1. The molecule has 4 heteroatoms. The Morgan fingerprint density at radius 3 is 2.64 bits per heavy atom. The van der Waals surface area contributed by atoms with E-state index in [2.05, 4.69) is 15.9 Å². The van der Waals surface area contributed by atoms with E-state index in [4.69, 9.17) is 0 Å². The molecule has 1 aromatic rings. The lowest BCUT2D eigenvalue weighted by Gasteiger charge is -2.30. The van der Waals surface area contributed by atoms with Crippen LogP contribution in [0.15, 0.2) is 22.7 Å². The van der Waals surface area contributed by atoms with Crippen molar-refractivity contribution in [1.29, 1.82) is 0 Å². The zero-order valence-electron chi connectivity index (χ0n) is 7.46. The fraction of sp³-hybridized carbons (Fsp3) is 0.300. The molecule has 74 valence electrons. The molecule has 0 N–H and O–H groups in total. The minimum atomic E-state index is -0.342. The van der Waals surface area contributed by atoms with Gasteiger partial charge in [-0.25, -0.2) is 4.39 Å². The molecule has 0 aromatic heterocycles. The Balaban J connectivity index is 2.23. The highest BCUT2D eigenvalue weighted by atomic mass is 79.9. The topological polar surface area (TPSA) is 20.3 Å². The first-order valence-electron chi connectivity index (χ1n) is 4.43. The lowest BCUT2D eigenvalue weighted by molar-refractivity contribution is 0.0651. The van der Waals surface area contributed by atoms with Crippen molar-refractivity contribution in [1.82, 2.24) is 4.90 Å². The first-order chi connectivity index (χ1) is 6.68. The van der Waals surface area contributed by atoms with Crippen LogP contribution in [0.4, 0.5) is 4.39 Å². The number of amides is 1. The highest BCUT2D eigenvalue weighted by Gasteiger charge is 2.21. The Kier molecular flexibility index (Phi) is 2.54. The minimum absolute atomic E-state index is 0.0167. The van der Waals surface area contributed by atoms with E-state index < -0.39 is 0 Å². The Morgan fingerprint density at radius 1 is 1.43 bits per heavy atom. The van der Waals surface area contributed by atoms with Gasteiger partial charge in [0.25, 0.3) is 5.91 Å². The molecule has 2 nitrogen and oxygen atoms in total. The van der Waals surface area contributed by atoms with Crippen LogP contribution in [0.5, 0.6) is 0 Å². The van der Waals surface area contributed by atoms with Crippen LogP contribution in [0.25, 0.3) is 0 Å². The smallest absolute Gasteiger partial charge is 0.253 e. The van der Waals surface area contributed by atoms with Gasteiger partial charge < -0.3 is 4.90 Å². The van der Waals surface area contributed by atoms with E-state index in [1.165, 1.54) is 18.2 Å². The van der Waals surface area contributed by atoms with E-state index >= 15 is 0 Å². The molecular weight excluding hydrogens is 249 g/mol. The number of carbonyl (C=O) groups excluding carboxylic acids is 1. The number of carbonyl (C=O) groups is 1. The third kappa shape index (κ3) is 1.66. The number of rotatable bonds is 1. The molecule has 1 amide bonds. The van der Waals surface area contributed by atoms with E-state index in [0.29, 0.717) is 10.0 Å². The van der Waals surface area contributed by atoms with Gasteiger partial charge in [-0.05, 0) is 40.5 Å². The first kappa shape index (κ1) is 9.65. The molecule has 0 bridgehead atoms. The van der Waals surface area contributed by atoms with Gasteiger partial charge in [0.1, 0.15) is 5.82 Å². The molecule has 2 rings (SSSR count). The number of nitrogens with zero attached hydrogens (tertiary/aromatic N) is 1. The predicted molar refractivity (Wildman–Crippen MR) is 54.6 cm³/mol. The van der Waals surface area contributed by atoms with Crippen molar-refractivity contribution < 1.29 is 9.18 Å². The van der Waals surface area contributed by atoms with E-state index in [1.54, 1.807) is 4.90 Å². The van der Waals surface area contributed by atoms with Crippen LogP contribution in [-0.4, -0.2) is 23.9 Å². The van der Waals surface area contributed by atoms with Gasteiger partial charge in [0, 0.05) is 18.7 Å². The summed E-state index contributed by atoms with van der Waals surface area (Å²) >= 11 is 3.06. The summed E-state index contributed by atoms with van der Waals surface area (Å²) in [4.78, 5) is 13.4. The molecule has 1 fully saturated rings. The standard InChI is InChI=1S/C10H9BrFNO/c11-8-6-7(2-3-9(8)12)10(14)13-4-1-5-13/h2-3,6H,1,4-5H2. The Bertz CT molecular complexity index is 376. The fourth-order valence-electron chi connectivity index (χ4n) is 1.33. The fourth-order valence-corrected chi connectivity index (χ4v) is 1.71. The maximum atomic E-state index is 12.9. The second kappa shape index (κ2) is 3.69. The van der Waals surface area contributed by atoms with Gasteiger partial charge in [-0.15, -0.1) is 0 Å². The second-order valence-corrected chi connectivity index (χ2v) is 4.13. The molecule has 0 radical (unpaired) electrons. The molecule has 1 heterocycles. The Hall–Kier alpha value is -0.900. The van der Waals surface area contributed by atoms with Crippen LogP contribution < -0.4 is 0 Å². The van der Waals surface area contributed by atoms with E-state index in [9.17, 15) is 9.18 Å². The summed E-state index contributed by atoms with van der Waals surface area (Å²) in [6.45, 7) is 1.63. The van der Waals surface area contributed by atoms with Crippen molar-refractivity contribution >= 4 is 21.8 Å². The number of hydrogen-bond donors (Lipinski definition) is 0. The van der Waals surface area contributed by atoms with Crippen molar-refractivity contribution in [3.05, 3.63) is 34.1 Å². The molecule has 0 spiro atoms. The second-order valence-electron chi connectivity index (χ2n) is 3.27. The Morgan fingerprint density at radius 2 is 2.14 bits per heavy atom. The number of benzene rings is 1. The zero-order valence-corrected chi connectivity index (χ0v) is 9.05. The van der Waals surface area contributed by atoms with Gasteiger partial charge in [-0.2, -0.15) is 0 Å². The summed E-state index contributed by atoms with van der Waals surface area (Å²) in [7, 11) is 0. The first-order valence-corrected chi connectivity index (χ1v) is 5.22. The summed E-state index contributed by atoms with van der Waals surface area (Å²) in [5, 5.41) is 0. The third-order valence-electron chi connectivity index (χ3n) is 2.31. The number of hydrogen-bond acceptors (Lipinski definition) is 1. The maximum absolute atomic E-state index is 12.9. The molecule has 1 aliphatic heterocycles. The van der Waals surface area contributed by atoms with Gasteiger partial charge in [0.15, 0.2) is 0 Å². The number of halogens is 2. The average molecular weight is 258 g/mol. The summed E-state index contributed by atoms with van der Waals surface area (Å²) in [5.74, 6) is -0.359. The lowest BCUT2D eigenvalue weighted by atomic mass is 10.1. The van der Waals surface area contributed by atoms with E-state index in [0.717, 1.165) is 19.5 Å². The predicted octanol–water partition coefficient (Wildman–Crippen LogP) is 2.43. The van der Waals surface area contributed by atoms with Crippen LogP contribution in [0.2, 0.25) is 0 Å². The molecular formula is C10H9BrFNO. The molecule has 1 aromatic carbocycles. The third-order valence-corrected chi connectivity index (χ3v) is 2.92. The molecule has 0 unspecified atom stereocenters. The van der Waals surface area contributed by atoms with Gasteiger partial charge in [-0.1, -0.05) is 0 Å². The van der Waals surface area contributed by atoms with Crippen molar-refractivity contribution in [2.24, 2.45) is 0 Å². The lowest BCUT2D eigenvalue weighted by Crippen LogP contribution is -2.42. The van der Waals surface area contributed by atoms with Crippen LogP contribution in [-0.2, 0) is 0 Å². The average Bonchev–Trinajstić information content (AvgIpc) is 2.06. The highest BCUT2D eigenvalue weighted by molar-refractivity contribution is 9.10. The van der Waals surface area contributed by atoms with Crippen LogP contribution >= 0.6 is 15.9 Å². The molecule has 1 saturated heterocycles. The summed E-state index contributed by atoms with van der Waals surface area (Å²) in [5.41, 5.74) is 0.540. The molecule has 14 heavy (non-hydrogen) atoms. The summed E-state index contributed by atoms with van der Waals surface area (Å²) < 4.78 is 13.2. The normalized spacial score (nSPS) is 15.1. The summed E-state index contributed by atoms with van der Waals surface area (Å²) in [6.07, 6.45) is 1.06. The summed E-state index contributed by atoms with van der Waals surface area (Å²) in [6, 6.07) is 4.34. The van der Waals surface area contributed by atoms with Gasteiger partial charge in [-0.3, -0.25) is 4.79 Å². The van der Waals surface area contributed by atoms with E-state index in [-0.39, 0.29) is 11.7 Å². The van der Waals surface area contributed by atoms with Crippen LogP contribution in [0.1, 0.15) is 16.8 Å². The monoisotopic (exact) mass is 257 g/mol. The van der Waals surface area contributed by atoms with Crippen molar-refractivity contribution in [2.45, 2.75) is 6.42 Å². The minimum Gasteiger partial charge on any atom is -0.339 e. The maximum Gasteiger partial charge on any atom is 0.253 e. The van der Waals surface area contributed by atoms with Crippen molar-refractivity contribution in [3.8, 4) is 0 Å². The zero-order chi connectivity index (χ0) is 10.1. The van der Waals surface area contributed by atoms with Gasteiger partial charge in [0.05, 0.1) is 4.47 Å². The molecule has 0 aliphatic carbocycles. The molecule has 0 atom stereocenters. The van der Waals surface area contributed by atoms with Gasteiger partial charge in [0.2, 0.25) is 0 Å². The van der Waals surface area contributed by atoms with Crippen LogP contribution in [0.3, 0.4) is 0 Å². The highest BCUT2D eigenvalue weighted by Crippen LogP contribution is 2.19. The van der Waals surface area contributed by atoms with Crippen molar-refractivity contribution in [3.63, 3.8) is 0 Å². The largest absolute Gasteiger partial charge is 0.339 e. The quantitative estimate of drug-likeness (QED) is 0.757.